The molecule has 5 nitrogen and oxygen atoms in total. The summed E-state index contributed by atoms with van der Waals surface area (Å²) in [6.07, 6.45) is 1.48. The predicted molar refractivity (Wildman–Crippen MR) is 111 cm³/mol. The number of anilines is 1. The van der Waals surface area contributed by atoms with E-state index in [2.05, 4.69) is 5.32 Å². The summed E-state index contributed by atoms with van der Waals surface area (Å²) in [7, 11) is -3.46. The van der Waals surface area contributed by atoms with Crippen LogP contribution < -0.4 is 9.62 Å². The van der Waals surface area contributed by atoms with Gasteiger partial charge in [-0.2, -0.15) is 0 Å². The number of carbonyl (C=O) groups is 1. The first-order chi connectivity index (χ1) is 12.6. The first kappa shape index (κ1) is 21.0. The van der Waals surface area contributed by atoms with Crippen LogP contribution in [0.15, 0.2) is 36.4 Å². The topological polar surface area (TPSA) is 66.5 Å². The maximum Gasteiger partial charge on any atom is 0.232 e. The molecule has 0 saturated carbocycles. The number of aryl methyl sites for hydroxylation is 4. The fourth-order valence-corrected chi connectivity index (χ4v) is 4.39. The number of nitrogens with one attached hydrogen (secondary N) is 1. The van der Waals surface area contributed by atoms with Gasteiger partial charge in [-0.1, -0.05) is 42.0 Å². The number of carbonyl (C=O) groups excluding carboxylic acids is 1. The van der Waals surface area contributed by atoms with Crippen molar-refractivity contribution < 1.29 is 13.2 Å². The Morgan fingerprint density at radius 3 is 2.15 bits per heavy atom. The third-order valence-electron chi connectivity index (χ3n) is 4.53. The number of benzene rings is 2. The molecule has 2 rings (SSSR count). The molecule has 0 unspecified atom stereocenters. The van der Waals surface area contributed by atoms with E-state index in [0.29, 0.717) is 5.69 Å². The molecular formula is C21H28N2O3S. The lowest BCUT2D eigenvalue weighted by Crippen LogP contribution is -2.39. The van der Waals surface area contributed by atoms with Crippen molar-refractivity contribution in [1.29, 1.82) is 0 Å². The highest BCUT2D eigenvalue weighted by atomic mass is 32.2. The number of amides is 1. The van der Waals surface area contributed by atoms with Gasteiger partial charge in [-0.05, 0) is 49.9 Å². The molecule has 6 heteroatoms. The third kappa shape index (κ3) is 5.57. The van der Waals surface area contributed by atoms with Gasteiger partial charge < -0.3 is 5.32 Å². The zero-order valence-electron chi connectivity index (χ0n) is 16.7. The number of hydrogen-bond donors (Lipinski definition) is 1. The Kier molecular flexibility index (Phi) is 6.65. The van der Waals surface area contributed by atoms with E-state index >= 15 is 0 Å². The maximum absolute atomic E-state index is 12.3. The van der Waals surface area contributed by atoms with Crippen LogP contribution in [0.5, 0.6) is 0 Å². The SMILES string of the molecule is Cc1cc(C)c(N(CCNC(=O)Cc2ccccc2C)S(C)(=O)=O)c(C)c1. The summed E-state index contributed by atoms with van der Waals surface area (Å²) in [5.41, 5.74) is 5.63. The van der Waals surface area contributed by atoms with Gasteiger partial charge in [-0.25, -0.2) is 8.42 Å². The van der Waals surface area contributed by atoms with Crippen LogP contribution in [0.1, 0.15) is 27.8 Å². The normalized spacial score (nSPS) is 11.3. The molecule has 0 atom stereocenters. The Hall–Kier alpha value is -2.34. The molecule has 1 N–H and O–H groups in total. The van der Waals surface area contributed by atoms with Crippen molar-refractivity contribution in [3.8, 4) is 0 Å². The molecular weight excluding hydrogens is 360 g/mol. The van der Waals surface area contributed by atoms with E-state index in [-0.39, 0.29) is 25.4 Å². The summed E-state index contributed by atoms with van der Waals surface area (Å²) in [4.78, 5) is 12.2. The van der Waals surface area contributed by atoms with Crippen LogP contribution in [-0.4, -0.2) is 33.7 Å². The van der Waals surface area contributed by atoms with Gasteiger partial charge in [0, 0.05) is 6.54 Å². The number of sulfonamides is 1. The molecule has 146 valence electrons. The van der Waals surface area contributed by atoms with Crippen LogP contribution in [0, 0.1) is 27.7 Å². The molecule has 0 spiro atoms. The van der Waals surface area contributed by atoms with Crippen LogP contribution in [-0.2, 0) is 21.2 Å². The second-order valence-electron chi connectivity index (χ2n) is 7.04. The highest BCUT2D eigenvalue weighted by Gasteiger charge is 2.21. The Bertz CT molecular complexity index is 913. The lowest BCUT2D eigenvalue weighted by molar-refractivity contribution is -0.120. The first-order valence-electron chi connectivity index (χ1n) is 8.96. The molecule has 2 aromatic carbocycles. The zero-order chi connectivity index (χ0) is 20.2. The molecule has 0 radical (unpaired) electrons. The minimum absolute atomic E-state index is 0.116. The van der Waals surface area contributed by atoms with E-state index in [0.717, 1.165) is 27.8 Å². The highest BCUT2D eigenvalue weighted by Crippen LogP contribution is 2.27. The van der Waals surface area contributed by atoms with E-state index in [4.69, 9.17) is 0 Å². The summed E-state index contributed by atoms with van der Waals surface area (Å²) in [6.45, 7) is 8.22. The van der Waals surface area contributed by atoms with Crippen LogP contribution in [0.4, 0.5) is 5.69 Å². The smallest absolute Gasteiger partial charge is 0.232 e. The van der Waals surface area contributed by atoms with Crippen molar-refractivity contribution in [3.05, 3.63) is 64.2 Å². The molecule has 0 aliphatic heterocycles. The standard InChI is InChI=1S/C21H28N2O3S/c1-15-12-17(3)21(18(4)13-15)23(27(5,25)26)11-10-22-20(24)14-19-9-7-6-8-16(19)2/h6-9,12-13H,10-11,14H2,1-5H3,(H,22,24). The Balaban J connectivity index is 2.09. The van der Waals surface area contributed by atoms with Crippen LogP contribution in [0.3, 0.4) is 0 Å². The van der Waals surface area contributed by atoms with Crippen LogP contribution >= 0.6 is 0 Å². The van der Waals surface area contributed by atoms with Crippen LogP contribution in [0.25, 0.3) is 0 Å². The Morgan fingerprint density at radius 2 is 1.59 bits per heavy atom. The zero-order valence-corrected chi connectivity index (χ0v) is 17.5. The summed E-state index contributed by atoms with van der Waals surface area (Å²) in [6, 6.07) is 11.7. The van der Waals surface area contributed by atoms with Gasteiger partial charge >= 0.3 is 0 Å². The maximum atomic E-state index is 12.3. The third-order valence-corrected chi connectivity index (χ3v) is 5.70. The second-order valence-corrected chi connectivity index (χ2v) is 8.94. The second kappa shape index (κ2) is 8.57. The molecule has 0 saturated heterocycles. The Labute approximate surface area is 162 Å². The number of rotatable bonds is 7. The molecule has 27 heavy (non-hydrogen) atoms. The lowest BCUT2D eigenvalue weighted by Gasteiger charge is -2.26. The fraction of sp³-hybridized carbons (Fsp3) is 0.381. The molecule has 0 aromatic heterocycles. The minimum atomic E-state index is -3.46. The van der Waals surface area contributed by atoms with Gasteiger partial charge in [0.25, 0.3) is 0 Å². The first-order valence-corrected chi connectivity index (χ1v) is 10.8. The summed E-state index contributed by atoms with van der Waals surface area (Å²) in [5, 5.41) is 2.84. The highest BCUT2D eigenvalue weighted by molar-refractivity contribution is 7.92. The molecule has 0 aliphatic rings. The van der Waals surface area contributed by atoms with Gasteiger partial charge in [0.1, 0.15) is 0 Å². The molecule has 0 aliphatic carbocycles. The van der Waals surface area contributed by atoms with Gasteiger partial charge in [-0.3, -0.25) is 9.10 Å². The number of hydrogen-bond acceptors (Lipinski definition) is 3. The summed E-state index contributed by atoms with van der Waals surface area (Å²) in [5.74, 6) is -0.116. The number of nitrogens with zero attached hydrogens (tertiary/aromatic N) is 1. The van der Waals surface area contributed by atoms with Crippen molar-refractivity contribution in [1.82, 2.24) is 5.32 Å². The van der Waals surface area contributed by atoms with E-state index in [9.17, 15) is 13.2 Å². The van der Waals surface area contributed by atoms with Gasteiger partial charge in [0.15, 0.2) is 0 Å². The molecule has 1 amide bonds. The quantitative estimate of drug-likeness (QED) is 0.793. The van der Waals surface area contributed by atoms with Crippen molar-refractivity contribution in [2.75, 3.05) is 23.7 Å². The van der Waals surface area contributed by atoms with E-state index in [1.807, 2.05) is 64.1 Å². The average Bonchev–Trinajstić information content (AvgIpc) is 2.53. The fourth-order valence-electron chi connectivity index (χ4n) is 3.35. The molecule has 2 aromatic rings. The monoisotopic (exact) mass is 388 g/mol. The van der Waals surface area contributed by atoms with Gasteiger partial charge in [0.2, 0.25) is 15.9 Å². The lowest BCUT2D eigenvalue weighted by atomic mass is 10.1. The minimum Gasteiger partial charge on any atom is -0.354 e. The van der Waals surface area contributed by atoms with E-state index in [1.165, 1.54) is 10.6 Å². The van der Waals surface area contributed by atoms with Crippen molar-refractivity contribution >= 4 is 21.6 Å². The van der Waals surface area contributed by atoms with Crippen molar-refractivity contribution in [2.45, 2.75) is 34.1 Å². The predicted octanol–water partition coefficient (Wildman–Crippen LogP) is 3.05. The summed E-state index contributed by atoms with van der Waals surface area (Å²) < 4.78 is 26.1. The Morgan fingerprint density at radius 1 is 1.00 bits per heavy atom. The molecule has 0 fully saturated rings. The van der Waals surface area contributed by atoms with E-state index < -0.39 is 10.0 Å². The summed E-state index contributed by atoms with van der Waals surface area (Å²) >= 11 is 0. The van der Waals surface area contributed by atoms with Gasteiger partial charge in [-0.15, -0.1) is 0 Å². The molecule has 0 bridgehead atoms. The van der Waals surface area contributed by atoms with E-state index in [1.54, 1.807) is 0 Å². The van der Waals surface area contributed by atoms with Crippen molar-refractivity contribution in [2.24, 2.45) is 0 Å². The molecule has 0 heterocycles. The van der Waals surface area contributed by atoms with Crippen LogP contribution in [0.2, 0.25) is 0 Å². The largest absolute Gasteiger partial charge is 0.354 e. The average molecular weight is 389 g/mol. The van der Waals surface area contributed by atoms with Gasteiger partial charge in [0.05, 0.1) is 24.9 Å². The van der Waals surface area contributed by atoms with Crippen molar-refractivity contribution in [3.63, 3.8) is 0 Å².